The third-order valence-electron chi connectivity index (χ3n) is 5.87. The summed E-state index contributed by atoms with van der Waals surface area (Å²) in [4.78, 5) is 27.7. The van der Waals surface area contributed by atoms with Crippen LogP contribution >= 0.6 is 0 Å². The van der Waals surface area contributed by atoms with Crippen LogP contribution < -0.4 is 4.74 Å². The Kier molecular flexibility index (Phi) is 5.18. The first-order chi connectivity index (χ1) is 14.0. The van der Waals surface area contributed by atoms with Crippen LogP contribution in [0.15, 0.2) is 46.6 Å². The highest BCUT2D eigenvalue weighted by molar-refractivity contribution is 6.46. The Bertz CT molecular complexity index is 954. The normalized spacial score (nSPS) is 22.3. The average molecular weight is 395 g/mol. The number of likely N-dealkylation sites (tertiary alicyclic amines) is 1. The summed E-state index contributed by atoms with van der Waals surface area (Å²) in [6.07, 6.45) is 6.38. The minimum absolute atomic E-state index is 0.0417. The van der Waals surface area contributed by atoms with Crippen molar-refractivity contribution in [3.63, 3.8) is 0 Å². The molecule has 152 valence electrons. The molecule has 1 aliphatic carbocycles. The van der Waals surface area contributed by atoms with Gasteiger partial charge in [-0.15, -0.1) is 0 Å². The van der Waals surface area contributed by atoms with Crippen molar-refractivity contribution in [2.45, 2.75) is 51.1 Å². The molecular weight excluding hydrogens is 370 g/mol. The molecule has 2 heterocycles. The Morgan fingerprint density at radius 1 is 1.17 bits per heavy atom. The molecule has 29 heavy (non-hydrogen) atoms. The van der Waals surface area contributed by atoms with Gasteiger partial charge in [0, 0.05) is 6.04 Å². The van der Waals surface area contributed by atoms with Gasteiger partial charge in [-0.25, -0.2) is 0 Å². The van der Waals surface area contributed by atoms with Crippen molar-refractivity contribution in [2.75, 3.05) is 7.11 Å². The molecule has 6 heteroatoms. The van der Waals surface area contributed by atoms with Crippen molar-refractivity contribution in [1.82, 2.24) is 4.90 Å². The molecule has 1 unspecified atom stereocenters. The summed E-state index contributed by atoms with van der Waals surface area (Å²) >= 11 is 0. The molecule has 1 N–H and O–H groups in total. The smallest absolute Gasteiger partial charge is 0.296 e. The highest BCUT2D eigenvalue weighted by Gasteiger charge is 2.50. The zero-order valence-electron chi connectivity index (χ0n) is 16.7. The summed E-state index contributed by atoms with van der Waals surface area (Å²) in [6.45, 7) is 1.89. The number of ketones is 1. The summed E-state index contributed by atoms with van der Waals surface area (Å²) in [5.74, 6) is -0.578. The van der Waals surface area contributed by atoms with Crippen LogP contribution in [-0.4, -0.2) is 34.8 Å². The van der Waals surface area contributed by atoms with E-state index in [9.17, 15) is 14.7 Å². The quantitative estimate of drug-likeness (QED) is 0.473. The molecule has 4 rings (SSSR count). The van der Waals surface area contributed by atoms with E-state index >= 15 is 0 Å². The van der Waals surface area contributed by atoms with Crippen LogP contribution in [0.4, 0.5) is 0 Å². The van der Waals surface area contributed by atoms with Gasteiger partial charge in [0.25, 0.3) is 11.7 Å². The third kappa shape index (κ3) is 3.33. The molecule has 6 nitrogen and oxygen atoms in total. The van der Waals surface area contributed by atoms with Crippen LogP contribution in [0.5, 0.6) is 5.75 Å². The first kappa shape index (κ1) is 19.3. The van der Waals surface area contributed by atoms with E-state index < -0.39 is 17.7 Å². The molecule has 1 saturated heterocycles. The fraction of sp³-hybridized carbons (Fsp3) is 0.391. The molecule has 1 aromatic heterocycles. The van der Waals surface area contributed by atoms with E-state index in [0.717, 1.165) is 37.7 Å². The number of ether oxygens (including phenoxy) is 1. The van der Waals surface area contributed by atoms with Gasteiger partial charge >= 0.3 is 0 Å². The van der Waals surface area contributed by atoms with E-state index in [1.54, 1.807) is 29.2 Å². The van der Waals surface area contributed by atoms with Crippen molar-refractivity contribution in [1.29, 1.82) is 0 Å². The van der Waals surface area contributed by atoms with E-state index in [1.165, 1.54) is 13.4 Å². The number of carbonyl (C=O) groups excluding carboxylic acids is 2. The Hall–Kier alpha value is -3.02. The first-order valence-electron chi connectivity index (χ1n) is 10.0. The second-order valence-corrected chi connectivity index (χ2v) is 7.72. The van der Waals surface area contributed by atoms with Crippen LogP contribution in [0, 0.1) is 6.92 Å². The van der Waals surface area contributed by atoms with E-state index in [1.807, 2.05) is 13.0 Å². The van der Waals surface area contributed by atoms with Crippen molar-refractivity contribution in [3.8, 4) is 5.75 Å². The maximum absolute atomic E-state index is 13.1. The van der Waals surface area contributed by atoms with E-state index in [2.05, 4.69) is 0 Å². The Morgan fingerprint density at radius 3 is 2.59 bits per heavy atom. The van der Waals surface area contributed by atoms with Gasteiger partial charge in [0.15, 0.2) is 0 Å². The third-order valence-corrected chi connectivity index (χ3v) is 5.87. The molecule has 2 fully saturated rings. The predicted octanol–water partition coefficient (Wildman–Crippen LogP) is 4.35. The summed E-state index contributed by atoms with van der Waals surface area (Å²) in [7, 11) is 1.51. The summed E-state index contributed by atoms with van der Waals surface area (Å²) in [5.41, 5.74) is 1.36. The highest BCUT2D eigenvalue weighted by atomic mass is 16.5. The number of rotatable bonds is 4. The van der Waals surface area contributed by atoms with Crippen LogP contribution in [0.1, 0.15) is 55.0 Å². The molecule has 0 spiro atoms. The van der Waals surface area contributed by atoms with E-state index in [0.29, 0.717) is 17.1 Å². The lowest BCUT2D eigenvalue weighted by atomic mass is 9.92. The fourth-order valence-electron chi connectivity index (χ4n) is 4.46. The first-order valence-corrected chi connectivity index (χ1v) is 10.0. The molecule has 2 aromatic rings. The summed E-state index contributed by atoms with van der Waals surface area (Å²) in [6, 6.07) is 8.04. The Labute approximate surface area is 169 Å². The topological polar surface area (TPSA) is 80.0 Å². The van der Waals surface area contributed by atoms with Gasteiger partial charge in [-0.05, 0) is 44.0 Å². The average Bonchev–Trinajstić information content (AvgIpc) is 3.35. The summed E-state index contributed by atoms with van der Waals surface area (Å²) in [5, 5.41) is 11.2. The number of methoxy groups -OCH3 is 1. The maximum Gasteiger partial charge on any atom is 0.296 e. The number of hydrogen-bond acceptors (Lipinski definition) is 5. The van der Waals surface area contributed by atoms with Crippen LogP contribution in [0.3, 0.4) is 0 Å². The van der Waals surface area contributed by atoms with Gasteiger partial charge in [0.05, 0.1) is 24.5 Å². The van der Waals surface area contributed by atoms with E-state index in [-0.39, 0.29) is 17.4 Å². The van der Waals surface area contributed by atoms with Gasteiger partial charge in [0.1, 0.15) is 23.3 Å². The highest BCUT2D eigenvalue weighted by Crippen LogP contribution is 2.44. The number of hydrogen-bond donors (Lipinski definition) is 1. The lowest BCUT2D eigenvalue weighted by Crippen LogP contribution is -2.40. The maximum atomic E-state index is 13.1. The fourth-order valence-corrected chi connectivity index (χ4v) is 4.46. The lowest BCUT2D eigenvalue weighted by Gasteiger charge is -2.34. The second kappa shape index (κ2) is 7.78. The predicted molar refractivity (Wildman–Crippen MR) is 107 cm³/mol. The molecule has 0 radical (unpaired) electrons. The number of aliphatic hydroxyl groups excluding tert-OH is 1. The van der Waals surface area contributed by atoms with Gasteiger partial charge in [-0.2, -0.15) is 0 Å². The molecule has 1 amide bonds. The minimum Gasteiger partial charge on any atom is -0.507 e. The SMILES string of the molecule is COc1ccc(C)cc1/C(O)=C1/C(=O)C(=O)N(C2CCCCC2)C1c1ccco1. The van der Waals surface area contributed by atoms with E-state index in [4.69, 9.17) is 9.15 Å². The van der Waals surface area contributed by atoms with Crippen LogP contribution in [0.2, 0.25) is 0 Å². The molecular formula is C23H25NO5. The van der Waals surface area contributed by atoms with Gasteiger partial charge in [-0.1, -0.05) is 30.9 Å². The molecule has 1 aromatic carbocycles. The zero-order valence-corrected chi connectivity index (χ0v) is 16.7. The van der Waals surface area contributed by atoms with Gasteiger partial charge in [-0.3, -0.25) is 9.59 Å². The Balaban J connectivity index is 1.89. The zero-order chi connectivity index (χ0) is 20.5. The number of aliphatic hydroxyl groups is 1. The number of benzene rings is 1. The molecule has 1 aliphatic heterocycles. The second-order valence-electron chi connectivity index (χ2n) is 7.72. The van der Waals surface area contributed by atoms with Gasteiger partial charge in [0.2, 0.25) is 0 Å². The molecule has 2 aliphatic rings. The molecule has 1 saturated carbocycles. The Morgan fingerprint density at radius 2 is 1.93 bits per heavy atom. The standard InChI is InChI=1S/C23H25NO5/c1-14-10-11-17(28-2)16(13-14)21(25)19-20(18-9-6-12-29-18)24(23(27)22(19)26)15-7-4-3-5-8-15/h6,9-13,15,20,25H,3-5,7-8H2,1-2H3/b21-19-. The number of amides is 1. The molecule has 1 atom stereocenters. The van der Waals surface area contributed by atoms with Crippen molar-refractivity contribution in [3.05, 3.63) is 59.1 Å². The van der Waals surface area contributed by atoms with Gasteiger partial charge < -0.3 is 19.2 Å². The monoisotopic (exact) mass is 395 g/mol. The number of furan rings is 1. The van der Waals surface area contributed by atoms with Crippen molar-refractivity contribution in [2.24, 2.45) is 0 Å². The van der Waals surface area contributed by atoms with Crippen LogP contribution in [-0.2, 0) is 9.59 Å². The number of aryl methyl sites for hydroxylation is 1. The van der Waals surface area contributed by atoms with Crippen molar-refractivity contribution >= 4 is 17.4 Å². The number of carbonyl (C=O) groups is 2. The number of Topliss-reactive ketones (excluding diaryl/α,β-unsaturated/α-hetero) is 1. The number of nitrogens with zero attached hydrogens (tertiary/aromatic N) is 1. The largest absolute Gasteiger partial charge is 0.507 e. The lowest BCUT2D eigenvalue weighted by molar-refractivity contribution is -0.142. The minimum atomic E-state index is -0.738. The summed E-state index contributed by atoms with van der Waals surface area (Å²) < 4.78 is 11.0. The van der Waals surface area contributed by atoms with Crippen LogP contribution in [0.25, 0.3) is 5.76 Å². The molecule has 0 bridgehead atoms. The van der Waals surface area contributed by atoms with Crippen molar-refractivity contribution < 1.29 is 23.8 Å².